The number of nitrogens with zero attached hydrogens (tertiary/aromatic N) is 4. The summed E-state index contributed by atoms with van der Waals surface area (Å²) in [6, 6.07) is 1.16. The second-order valence-corrected chi connectivity index (χ2v) is 9.63. The van der Waals surface area contributed by atoms with E-state index >= 15 is 0 Å². The van der Waals surface area contributed by atoms with E-state index in [-0.39, 0.29) is 29.9 Å². The monoisotopic (exact) mass is 503 g/mol. The molecule has 5 N–H and O–H groups in total. The third-order valence-corrected chi connectivity index (χ3v) is 7.17. The molecule has 0 spiro atoms. The lowest BCUT2D eigenvalue weighted by atomic mass is 9.86. The van der Waals surface area contributed by atoms with Crippen molar-refractivity contribution in [2.24, 2.45) is 11.7 Å². The van der Waals surface area contributed by atoms with Gasteiger partial charge in [0.05, 0.1) is 12.3 Å². The number of rotatable bonds is 6. The van der Waals surface area contributed by atoms with E-state index in [1.807, 2.05) is 0 Å². The number of nitrogens with one attached hydrogen (secondary N) is 2. The van der Waals surface area contributed by atoms with Gasteiger partial charge in [0.1, 0.15) is 17.0 Å². The number of fused-ring (bicyclic) bond motifs is 1. The van der Waals surface area contributed by atoms with Gasteiger partial charge in [0.25, 0.3) is 0 Å². The maximum Gasteiger partial charge on any atom is 0.224 e. The molecule has 0 unspecified atom stereocenters. The molecule has 2 aliphatic carbocycles. The molecule has 0 radical (unpaired) electrons. The summed E-state index contributed by atoms with van der Waals surface area (Å²) >= 11 is 0. The molecule has 2 aliphatic rings. The van der Waals surface area contributed by atoms with Gasteiger partial charge in [0.15, 0.2) is 17.3 Å². The first-order chi connectivity index (χ1) is 17.3. The molecule has 0 aliphatic heterocycles. The Balaban J connectivity index is 1.47. The van der Waals surface area contributed by atoms with Gasteiger partial charge in [-0.15, -0.1) is 0 Å². The first kappa shape index (κ1) is 24.3. The summed E-state index contributed by atoms with van der Waals surface area (Å²) in [5, 5.41) is 16.0. The lowest BCUT2D eigenvalue weighted by Crippen LogP contribution is -2.32. The van der Waals surface area contributed by atoms with Crippen LogP contribution in [0.3, 0.4) is 0 Å². The van der Waals surface area contributed by atoms with E-state index in [1.165, 1.54) is 6.20 Å². The van der Waals surface area contributed by atoms with Crippen molar-refractivity contribution in [2.75, 3.05) is 10.6 Å². The molecule has 2 saturated carbocycles. The minimum atomic E-state index is -1.08. The van der Waals surface area contributed by atoms with Crippen molar-refractivity contribution in [1.29, 1.82) is 0 Å². The van der Waals surface area contributed by atoms with Gasteiger partial charge in [-0.2, -0.15) is 4.98 Å². The number of halogens is 3. The SMILES string of the molecule is NC(=O)[C@H]1CC[C@H](Nc2ncc3nc(Nc4c(F)cc(F)cc4F)n([C@H]4CC[C@@H](O)CC4)c3n2)CC1. The van der Waals surface area contributed by atoms with E-state index < -0.39 is 29.2 Å². The van der Waals surface area contributed by atoms with Gasteiger partial charge in [-0.1, -0.05) is 0 Å². The van der Waals surface area contributed by atoms with Crippen LogP contribution in [-0.2, 0) is 4.79 Å². The molecule has 0 saturated heterocycles. The molecule has 1 aromatic carbocycles. The van der Waals surface area contributed by atoms with E-state index in [0.29, 0.717) is 67.8 Å². The lowest BCUT2D eigenvalue weighted by Gasteiger charge is -2.28. The normalized spacial score (nSPS) is 24.6. The number of carbonyl (C=O) groups is 1. The number of hydrogen-bond donors (Lipinski definition) is 4. The predicted molar refractivity (Wildman–Crippen MR) is 127 cm³/mol. The molecule has 0 bridgehead atoms. The molecule has 1 amide bonds. The second-order valence-electron chi connectivity index (χ2n) is 9.63. The predicted octanol–water partition coefficient (Wildman–Crippen LogP) is 3.92. The number of amides is 1. The van der Waals surface area contributed by atoms with Gasteiger partial charge in [-0.3, -0.25) is 9.36 Å². The molecule has 2 heterocycles. The molecule has 12 heteroatoms. The van der Waals surface area contributed by atoms with E-state index in [0.717, 1.165) is 12.8 Å². The molecule has 3 aromatic rings. The number of anilines is 3. The maximum absolute atomic E-state index is 14.4. The molecule has 2 fully saturated rings. The van der Waals surface area contributed by atoms with Crippen molar-refractivity contribution in [3.63, 3.8) is 0 Å². The largest absolute Gasteiger partial charge is 0.393 e. The van der Waals surface area contributed by atoms with Crippen molar-refractivity contribution >= 4 is 34.7 Å². The van der Waals surface area contributed by atoms with Crippen LogP contribution < -0.4 is 16.4 Å². The molecule has 5 rings (SSSR count). The Bertz CT molecular complexity index is 1250. The number of benzene rings is 1. The summed E-state index contributed by atoms with van der Waals surface area (Å²) in [5.74, 6) is -3.03. The fraction of sp³-hybridized carbons (Fsp3) is 0.500. The minimum absolute atomic E-state index is 0.0826. The van der Waals surface area contributed by atoms with Crippen molar-refractivity contribution in [1.82, 2.24) is 19.5 Å². The van der Waals surface area contributed by atoms with E-state index in [2.05, 4.69) is 25.6 Å². The number of aliphatic hydroxyl groups excluding tert-OH is 1. The van der Waals surface area contributed by atoms with Gasteiger partial charge >= 0.3 is 0 Å². The molecule has 9 nitrogen and oxygen atoms in total. The second kappa shape index (κ2) is 9.92. The lowest BCUT2D eigenvalue weighted by molar-refractivity contribution is -0.122. The van der Waals surface area contributed by atoms with Crippen LogP contribution in [-0.4, -0.2) is 42.7 Å². The van der Waals surface area contributed by atoms with Crippen LogP contribution in [0.25, 0.3) is 11.2 Å². The summed E-state index contributed by atoms with van der Waals surface area (Å²) in [7, 11) is 0. The number of carbonyl (C=O) groups excluding carboxylic acids is 1. The minimum Gasteiger partial charge on any atom is -0.393 e. The van der Waals surface area contributed by atoms with Gasteiger partial charge in [0, 0.05) is 30.1 Å². The van der Waals surface area contributed by atoms with Gasteiger partial charge in [0.2, 0.25) is 17.8 Å². The summed E-state index contributed by atoms with van der Waals surface area (Å²) in [6.45, 7) is 0. The van der Waals surface area contributed by atoms with Crippen LogP contribution >= 0.6 is 0 Å². The van der Waals surface area contributed by atoms with Gasteiger partial charge in [-0.25, -0.2) is 23.1 Å². The number of primary amides is 1. The molecular formula is C24H28F3N7O2. The highest BCUT2D eigenvalue weighted by molar-refractivity contribution is 5.77. The summed E-state index contributed by atoms with van der Waals surface area (Å²) in [5.41, 5.74) is 5.82. The Hall–Kier alpha value is -3.41. The number of nitrogens with two attached hydrogens (primary N) is 1. The average molecular weight is 504 g/mol. The number of aliphatic hydroxyl groups is 1. The molecule has 2 aromatic heterocycles. The highest BCUT2D eigenvalue weighted by Gasteiger charge is 2.28. The van der Waals surface area contributed by atoms with E-state index in [1.54, 1.807) is 4.57 Å². The van der Waals surface area contributed by atoms with Crippen LogP contribution in [0.2, 0.25) is 0 Å². The highest BCUT2D eigenvalue weighted by Crippen LogP contribution is 2.36. The standard InChI is InChI=1S/C24H28F3N7O2/c25-13-9-17(26)20(18(27)10-13)32-24-31-19-11-29-23(30-14-3-1-12(2-4-14)21(28)36)33-22(19)34(24)15-5-7-16(35)8-6-15/h9-12,14-16,35H,1-8H2,(H2,28,36)(H,31,32)(H,29,30,33)/t12-,14-,15-,16+. The van der Waals surface area contributed by atoms with Crippen LogP contribution in [0.1, 0.15) is 57.4 Å². The molecular weight excluding hydrogens is 475 g/mol. The number of aromatic nitrogens is 4. The molecule has 192 valence electrons. The third kappa shape index (κ3) is 4.95. The quantitative estimate of drug-likeness (QED) is 0.401. The van der Waals surface area contributed by atoms with Crippen LogP contribution in [0.15, 0.2) is 18.3 Å². The van der Waals surface area contributed by atoms with Gasteiger partial charge in [-0.05, 0) is 51.4 Å². The Morgan fingerprint density at radius 3 is 2.31 bits per heavy atom. The van der Waals surface area contributed by atoms with Crippen molar-refractivity contribution in [3.05, 3.63) is 35.8 Å². The molecule has 0 atom stereocenters. The number of hydrogen-bond acceptors (Lipinski definition) is 7. The number of imidazole rings is 1. The fourth-order valence-electron chi connectivity index (χ4n) is 5.19. The molecule has 36 heavy (non-hydrogen) atoms. The Kier molecular flexibility index (Phi) is 6.69. The Morgan fingerprint density at radius 2 is 1.67 bits per heavy atom. The van der Waals surface area contributed by atoms with Crippen molar-refractivity contribution in [3.8, 4) is 0 Å². The van der Waals surface area contributed by atoms with Crippen molar-refractivity contribution < 1.29 is 23.1 Å². The topological polar surface area (TPSA) is 131 Å². The highest BCUT2D eigenvalue weighted by atomic mass is 19.1. The van der Waals surface area contributed by atoms with E-state index in [9.17, 15) is 23.1 Å². The maximum atomic E-state index is 14.4. The smallest absolute Gasteiger partial charge is 0.224 e. The fourth-order valence-corrected chi connectivity index (χ4v) is 5.19. The van der Waals surface area contributed by atoms with Crippen LogP contribution in [0.5, 0.6) is 0 Å². The summed E-state index contributed by atoms with van der Waals surface area (Å²) in [4.78, 5) is 25.0. The summed E-state index contributed by atoms with van der Waals surface area (Å²) < 4.78 is 44.0. The van der Waals surface area contributed by atoms with Gasteiger partial charge < -0.3 is 21.5 Å². The zero-order valence-corrected chi connectivity index (χ0v) is 19.6. The zero-order valence-electron chi connectivity index (χ0n) is 19.6. The first-order valence-corrected chi connectivity index (χ1v) is 12.2. The Labute approximate surface area is 205 Å². The Morgan fingerprint density at radius 1 is 1.00 bits per heavy atom. The van der Waals surface area contributed by atoms with Crippen molar-refractivity contribution in [2.45, 2.75) is 69.6 Å². The average Bonchev–Trinajstić information content (AvgIpc) is 3.19. The summed E-state index contributed by atoms with van der Waals surface area (Å²) in [6.07, 6.45) is 6.43. The zero-order chi connectivity index (χ0) is 25.4. The van der Waals surface area contributed by atoms with E-state index in [4.69, 9.17) is 5.73 Å². The van der Waals surface area contributed by atoms with Crippen LogP contribution in [0, 0.1) is 23.4 Å². The third-order valence-electron chi connectivity index (χ3n) is 7.17. The van der Waals surface area contributed by atoms with Crippen LogP contribution in [0.4, 0.5) is 30.8 Å². The first-order valence-electron chi connectivity index (χ1n) is 12.2.